The van der Waals surface area contributed by atoms with Crippen molar-refractivity contribution < 1.29 is 4.39 Å². The lowest BCUT2D eigenvalue weighted by molar-refractivity contribution is 0.178. The van der Waals surface area contributed by atoms with Crippen molar-refractivity contribution in [3.8, 4) is 0 Å². The summed E-state index contributed by atoms with van der Waals surface area (Å²) in [6.07, 6.45) is 4.09. The fourth-order valence-electron chi connectivity index (χ4n) is 4.52. The third kappa shape index (κ3) is 7.27. The third-order valence-corrected chi connectivity index (χ3v) is 6.45. The lowest BCUT2D eigenvalue weighted by Crippen LogP contribution is -2.53. The molecule has 1 aromatic carbocycles. The quantitative estimate of drug-likeness (QED) is 0.327. The second kappa shape index (κ2) is 13.1. The van der Waals surface area contributed by atoms with Crippen molar-refractivity contribution >= 4 is 35.8 Å². The van der Waals surface area contributed by atoms with E-state index in [1.54, 1.807) is 12.1 Å². The van der Waals surface area contributed by atoms with Crippen LogP contribution < -0.4 is 10.2 Å². The van der Waals surface area contributed by atoms with Crippen LogP contribution in [0.2, 0.25) is 0 Å². The summed E-state index contributed by atoms with van der Waals surface area (Å²) in [6, 6.07) is 13.2. The van der Waals surface area contributed by atoms with Crippen LogP contribution in [0.5, 0.6) is 0 Å². The Labute approximate surface area is 214 Å². The zero-order chi connectivity index (χ0) is 22.2. The van der Waals surface area contributed by atoms with Gasteiger partial charge in [-0.15, -0.1) is 24.0 Å². The monoisotopic (exact) mass is 566 g/mol. The molecule has 2 aliphatic rings. The van der Waals surface area contributed by atoms with Crippen molar-refractivity contribution in [1.29, 1.82) is 0 Å². The van der Waals surface area contributed by atoms with Crippen LogP contribution in [0.3, 0.4) is 0 Å². The van der Waals surface area contributed by atoms with Gasteiger partial charge in [-0.2, -0.15) is 0 Å². The standard InChI is InChI=1S/C25H35FN6.HI/c1-2-27-25(32-17-15-31(16-18-32)24-9-5-6-12-28-24)29-19-21-10-13-30(14-11-21)20-22-7-3-4-8-23(22)26;/h3-9,12,21H,2,10-11,13-20H2,1H3,(H,27,29);1H. The van der Waals surface area contributed by atoms with Gasteiger partial charge in [0.1, 0.15) is 11.6 Å². The molecule has 180 valence electrons. The maximum Gasteiger partial charge on any atom is 0.194 e. The second-order valence-corrected chi connectivity index (χ2v) is 8.67. The van der Waals surface area contributed by atoms with E-state index < -0.39 is 0 Å². The van der Waals surface area contributed by atoms with E-state index >= 15 is 0 Å². The van der Waals surface area contributed by atoms with Gasteiger partial charge in [-0.25, -0.2) is 9.37 Å². The number of piperazine rings is 1. The summed E-state index contributed by atoms with van der Waals surface area (Å²) in [5, 5.41) is 3.48. The Hall–Kier alpha value is -1.94. The number of anilines is 1. The maximum absolute atomic E-state index is 13.9. The fraction of sp³-hybridized carbons (Fsp3) is 0.520. The Bertz CT molecular complexity index is 864. The highest BCUT2D eigenvalue weighted by Crippen LogP contribution is 2.20. The molecular weight excluding hydrogens is 530 g/mol. The average molecular weight is 567 g/mol. The molecule has 0 amide bonds. The number of nitrogens with zero attached hydrogens (tertiary/aromatic N) is 5. The second-order valence-electron chi connectivity index (χ2n) is 8.67. The minimum atomic E-state index is -0.0994. The molecule has 2 fully saturated rings. The Kier molecular flexibility index (Phi) is 10.2. The molecule has 2 saturated heterocycles. The van der Waals surface area contributed by atoms with Crippen molar-refractivity contribution in [3.05, 3.63) is 60.0 Å². The van der Waals surface area contributed by atoms with Crippen LogP contribution in [0.1, 0.15) is 25.3 Å². The van der Waals surface area contributed by atoms with E-state index in [0.29, 0.717) is 12.5 Å². The number of likely N-dealkylation sites (tertiary alicyclic amines) is 1. The van der Waals surface area contributed by atoms with E-state index in [1.165, 1.54) is 0 Å². The summed E-state index contributed by atoms with van der Waals surface area (Å²) in [6.45, 7) is 10.4. The molecule has 0 aliphatic carbocycles. The first-order chi connectivity index (χ1) is 15.7. The predicted octanol–water partition coefficient (Wildman–Crippen LogP) is 3.84. The molecule has 1 aromatic heterocycles. The summed E-state index contributed by atoms with van der Waals surface area (Å²) in [5.41, 5.74) is 0.795. The number of benzene rings is 1. The molecule has 0 radical (unpaired) electrons. The zero-order valence-electron chi connectivity index (χ0n) is 19.5. The highest BCUT2D eigenvalue weighted by molar-refractivity contribution is 14.0. The molecule has 0 saturated carbocycles. The number of halogens is 2. The summed E-state index contributed by atoms with van der Waals surface area (Å²) in [7, 11) is 0. The molecule has 2 aliphatic heterocycles. The van der Waals surface area contributed by atoms with Gasteiger partial charge in [0.2, 0.25) is 0 Å². The SMILES string of the molecule is CCNC(=NCC1CCN(Cc2ccccc2F)CC1)N1CCN(c2ccccn2)CC1.I. The van der Waals surface area contributed by atoms with Gasteiger partial charge in [0.25, 0.3) is 0 Å². The molecule has 1 N–H and O–H groups in total. The lowest BCUT2D eigenvalue weighted by atomic mass is 9.96. The highest BCUT2D eigenvalue weighted by Gasteiger charge is 2.23. The minimum absolute atomic E-state index is 0. The number of aliphatic imine (C=N–C) groups is 1. The van der Waals surface area contributed by atoms with Crippen LogP contribution in [0.4, 0.5) is 10.2 Å². The molecular formula is C25H36FIN6. The molecule has 3 heterocycles. The van der Waals surface area contributed by atoms with E-state index in [1.807, 2.05) is 30.5 Å². The van der Waals surface area contributed by atoms with Gasteiger partial charge in [0.15, 0.2) is 5.96 Å². The largest absolute Gasteiger partial charge is 0.357 e. The van der Waals surface area contributed by atoms with Crippen molar-refractivity contribution in [2.75, 3.05) is 57.3 Å². The van der Waals surface area contributed by atoms with Gasteiger partial charge >= 0.3 is 0 Å². The summed E-state index contributed by atoms with van der Waals surface area (Å²) < 4.78 is 13.9. The first-order valence-electron chi connectivity index (χ1n) is 11.9. The van der Waals surface area contributed by atoms with E-state index in [0.717, 1.165) is 82.5 Å². The van der Waals surface area contributed by atoms with Crippen LogP contribution in [0.25, 0.3) is 0 Å². The Morgan fingerprint density at radius 3 is 2.42 bits per heavy atom. The summed E-state index contributed by atoms with van der Waals surface area (Å²) in [4.78, 5) is 16.6. The van der Waals surface area contributed by atoms with Crippen LogP contribution in [-0.2, 0) is 6.54 Å². The number of hydrogen-bond acceptors (Lipinski definition) is 4. The van der Waals surface area contributed by atoms with Crippen molar-refractivity contribution in [2.45, 2.75) is 26.3 Å². The molecule has 0 bridgehead atoms. The minimum Gasteiger partial charge on any atom is -0.357 e. The molecule has 4 rings (SSSR count). The van der Waals surface area contributed by atoms with Gasteiger partial charge < -0.3 is 15.1 Å². The van der Waals surface area contributed by atoms with E-state index in [9.17, 15) is 4.39 Å². The lowest BCUT2D eigenvalue weighted by Gasteiger charge is -2.37. The van der Waals surface area contributed by atoms with Gasteiger partial charge in [-0.05, 0) is 57.0 Å². The summed E-state index contributed by atoms with van der Waals surface area (Å²) >= 11 is 0. The maximum atomic E-state index is 13.9. The van der Waals surface area contributed by atoms with Crippen molar-refractivity contribution in [3.63, 3.8) is 0 Å². The van der Waals surface area contributed by atoms with Crippen LogP contribution in [0.15, 0.2) is 53.7 Å². The average Bonchev–Trinajstić information content (AvgIpc) is 2.85. The van der Waals surface area contributed by atoms with Gasteiger partial charge in [0.05, 0.1) is 0 Å². The number of aromatic nitrogens is 1. The third-order valence-electron chi connectivity index (χ3n) is 6.45. The van der Waals surface area contributed by atoms with Crippen LogP contribution in [-0.4, -0.2) is 73.1 Å². The smallest absolute Gasteiger partial charge is 0.194 e. The van der Waals surface area contributed by atoms with E-state index in [2.05, 4.69) is 38.0 Å². The molecule has 8 heteroatoms. The molecule has 2 aromatic rings. The highest BCUT2D eigenvalue weighted by atomic mass is 127. The van der Waals surface area contributed by atoms with Gasteiger partial charge in [-0.1, -0.05) is 24.3 Å². The van der Waals surface area contributed by atoms with Gasteiger partial charge in [-0.3, -0.25) is 9.89 Å². The number of pyridine rings is 1. The van der Waals surface area contributed by atoms with Crippen molar-refractivity contribution in [1.82, 2.24) is 20.1 Å². The first kappa shape index (κ1) is 25.7. The topological polar surface area (TPSA) is 47.0 Å². The van der Waals surface area contributed by atoms with Gasteiger partial charge in [0, 0.05) is 57.6 Å². The number of guanidine groups is 1. The molecule has 6 nitrogen and oxygen atoms in total. The van der Waals surface area contributed by atoms with Crippen LogP contribution in [0, 0.1) is 11.7 Å². The van der Waals surface area contributed by atoms with E-state index in [-0.39, 0.29) is 29.8 Å². The number of hydrogen-bond donors (Lipinski definition) is 1. The normalized spacial score (nSPS) is 18.2. The molecule has 0 unspecified atom stereocenters. The number of rotatable bonds is 6. The Morgan fingerprint density at radius 1 is 1.03 bits per heavy atom. The molecule has 33 heavy (non-hydrogen) atoms. The van der Waals surface area contributed by atoms with Crippen molar-refractivity contribution in [2.24, 2.45) is 10.9 Å². The number of piperidine rings is 1. The predicted molar refractivity (Wildman–Crippen MR) is 144 cm³/mol. The first-order valence-corrected chi connectivity index (χ1v) is 11.9. The summed E-state index contributed by atoms with van der Waals surface area (Å²) in [5.74, 6) is 2.58. The number of nitrogens with one attached hydrogen (secondary N) is 1. The van der Waals surface area contributed by atoms with Crippen LogP contribution >= 0.6 is 24.0 Å². The Balaban J connectivity index is 0.00000306. The molecule has 0 atom stereocenters. The fourth-order valence-corrected chi connectivity index (χ4v) is 4.52. The van der Waals surface area contributed by atoms with E-state index in [4.69, 9.17) is 4.99 Å². The Morgan fingerprint density at radius 2 is 1.76 bits per heavy atom. The zero-order valence-corrected chi connectivity index (χ0v) is 21.8. The molecule has 0 spiro atoms.